The monoisotopic (exact) mass is 193 g/mol. The Balaban J connectivity index is 2.78. The lowest BCUT2D eigenvalue weighted by atomic mass is 10.2. The first-order valence-corrected chi connectivity index (χ1v) is 4.21. The van der Waals surface area contributed by atoms with Gasteiger partial charge < -0.3 is 10.2 Å². The fraction of sp³-hybridized carbons (Fsp3) is 0.200. The Labute approximate surface area is 81.5 Å². The number of carboxylic acids is 1. The average Bonchev–Trinajstić information content (AvgIpc) is 2.19. The lowest BCUT2D eigenvalue weighted by Gasteiger charge is -1.95. The van der Waals surface area contributed by atoms with Crippen LogP contribution in [0.4, 0.5) is 0 Å². The molecule has 14 heavy (non-hydrogen) atoms. The first-order valence-electron chi connectivity index (χ1n) is 4.21. The molecule has 2 N–H and O–H groups in total. The third kappa shape index (κ3) is 2.99. The molecule has 1 heterocycles. The lowest BCUT2D eigenvalue weighted by Crippen LogP contribution is -1.99. The number of rotatable bonds is 4. The summed E-state index contributed by atoms with van der Waals surface area (Å²) >= 11 is 0. The van der Waals surface area contributed by atoms with Crippen LogP contribution in [0.1, 0.15) is 22.5 Å². The van der Waals surface area contributed by atoms with Gasteiger partial charge in [0.2, 0.25) is 0 Å². The van der Waals surface area contributed by atoms with Crippen molar-refractivity contribution in [3.8, 4) is 0 Å². The van der Waals surface area contributed by atoms with Crippen molar-refractivity contribution in [2.45, 2.75) is 6.42 Å². The third-order valence-electron chi connectivity index (χ3n) is 1.61. The second kappa shape index (κ2) is 5.14. The van der Waals surface area contributed by atoms with E-state index in [1.165, 1.54) is 12.3 Å². The molecule has 4 heteroatoms. The quantitative estimate of drug-likeness (QED) is 0.753. The van der Waals surface area contributed by atoms with Crippen molar-refractivity contribution in [1.82, 2.24) is 4.98 Å². The van der Waals surface area contributed by atoms with E-state index in [-0.39, 0.29) is 12.3 Å². The van der Waals surface area contributed by atoms with Gasteiger partial charge in [-0.05, 0) is 24.1 Å². The molecule has 0 saturated heterocycles. The van der Waals surface area contributed by atoms with E-state index < -0.39 is 5.97 Å². The van der Waals surface area contributed by atoms with Crippen LogP contribution in [0.5, 0.6) is 0 Å². The van der Waals surface area contributed by atoms with Crippen LogP contribution >= 0.6 is 0 Å². The van der Waals surface area contributed by atoms with Gasteiger partial charge in [-0.2, -0.15) is 0 Å². The SMILES string of the molecule is O=C(O)c1cc(C=CCCO)ccn1. The molecular weight excluding hydrogens is 182 g/mol. The number of carboxylic acid groups (broad SMARTS) is 1. The van der Waals surface area contributed by atoms with E-state index in [1.54, 1.807) is 18.2 Å². The van der Waals surface area contributed by atoms with Gasteiger partial charge in [0.1, 0.15) is 5.69 Å². The van der Waals surface area contributed by atoms with Crippen molar-refractivity contribution >= 4 is 12.0 Å². The van der Waals surface area contributed by atoms with E-state index in [4.69, 9.17) is 10.2 Å². The molecule has 74 valence electrons. The van der Waals surface area contributed by atoms with Gasteiger partial charge in [0, 0.05) is 12.8 Å². The van der Waals surface area contributed by atoms with Crippen molar-refractivity contribution in [3.63, 3.8) is 0 Å². The zero-order valence-electron chi connectivity index (χ0n) is 7.55. The summed E-state index contributed by atoms with van der Waals surface area (Å²) in [5.41, 5.74) is 0.794. The highest BCUT2D eigenvalue weighted by Crippen LogP contribution is 2.04. The summed E-state index contributed by atoms with van der Waals surface area (Å²) in [4.78, 5) is 14.2. The third-order valence-corrected chi connectivity index (χ3v) is 1.61. The number of nitrogens with zero attached hydrogens (tertiary/aromatic N) is 1. The second-order valence-electron chi connectivity index (χ2n) is 2.69. The van der Waals surface area contributed by atoms with E-state index >= 15 is 0 Å². The van der Waals surface area contributed by atoms with Crippen molar-refractivity contribution in [1.29, 1.82) is 0 Å². The minimum Gasteiger partial charge on any atom is -0.477 e. The number of aliphatic hydroxyl groups excluding tert-OH is 1. The highest BCUT2D eigenvalue weighted by Gasteiger charge is 2.02. The molecule has 0 aliphatic rings. The molecule has 0 spiro atoms. The van der Waals surface area contributed by atoms with Gasteiger partial charge in [0.05, 0.1) is 0 Å². The standard InChI is InChI=1S/C10H11NO3/c12-6-2-1-3-8-4-5-11-9(7-8)10(13)14/h1,3-5,7,12H,2,6H2,(H,13,14). The van der Waals surface area contributed by atoms with Crippen LogP contribution in [0.25, 0.3) is 6.08 Å². The fourth-order valence-corrected chi connectivity index (χ4v) is 0.961. The normalized spacial score (nSPS) is 10.6. The largest absolute Gasteiger partial charge is 0.477 e. The first-order chi connectivity index (χ1) is 6.74. The molecule has 1 aromatic rings. The predicted octanol–water partition coefficient (Wildman–Crippen LogP) is 1.18. The molecular formula is C10H11NO3. The van der Waals surface area contributed by atoms with Crippen LogP contribution in [0, 0.1) is 0 Å². The van der Waals surface area contributed by atoms with Crippen molar-refractivity contribution in [3.05, 3.63) is 35.7 Å². The molecule has 0 bridgehead atoms. The number of aromatic carboxylic acids is 1. The number of pyridine rings is 1. The number of hydrogen-bond donors (Lipinski definition) is 2. The molecule has 0 amide bonds. The highest BCUT2D eigenvalue weighted by atomic mass is 16.4. The van der Waals surface area contributed by atoms with Gasteiger partial charge in [0.15, 0.2) is 0 Å². The minimum atomic E-state index is -1.04. The summed E-state index contributed by atoms with van der Waals surface area (Å²) in [6.07, 6.45) is 5.54. The summed E-state index contributed by atoms with van der Waals surface area (Å²) in [7, 11) is 0. The molecule has 1 rings (SSSR count). The Hall–Kier alpha value is -1.68. The van der Waals surface area contributed by atoms with Gasteiger partial charge in [-0.15, -0.1) is 0 Å². The van der Waals surface area contributed by atoms with Crippen LogP contribution in [-0.4, -0.2) is 27.8 Å². The van der Waals surface area contributed by atoms with Gasteiger partial charge in [-0.3, -0.25) is 0 Å². The van der Waals surface area contributed by atoms with Crippen molar-refractivity contribution < 1.29 is 15.0 Å². The van der Waals surface area contributed by atoms with Crippen molar-refractivity contribution in [2.24, 2.45) is 0 Å². The number of carbonyl (C=O) groups is 1. The molecule has 0 aromatic carbocycles. The van der Waals surface area contributed by atoms with Gasteiger partial charge in [-0.25, -0.2) is 9.78 Å². The van der Waals surface area contributed by atoms with Crippen LogP contribution < -0.4 is 0 Å². The minimum absolute atomic E-state index is 0.0242. The Bertz CT molecular complexity index is 347. The maximum absolute atomic E-state index is 10.6. The van der Waals surface area contributed by atoms with Crippen molar-refractivity contribution in [2.75, 3.05) is 6.61 Å². The molecule has 0 aliphatic heterocycles. The fourth-order valence-electron chi connectivity index (χ4n) is 0.961. The summed E-state index contributed by atoms with van der Waals surface area (Å²) in [5.74, 6) is -1.04. The second-order valence-corrected chi connectivity index (χ2v) is 2.69. The first kappa shape index (κ1) is 10.4. The van der Waals surface area contributed by atoms with Crippen LogP contribution in [-0.2, 0) is 0 Å². The molecule has 0 fully saturated rings. The Morgan fingerprint density at radius 2 is 2.36 bits per heavy atom. The molecule has 0 radical (unpaired) electrons. The topological polar surface area (TPSA) is 70.4 Å². The molecule has 1 aromatic heterocycles. The highest BCUT2D eigenvalue weighted by molar-refractivity contribution is 5.85. The van der Waals surface area contributed by atoms with Crippen LogP contribution in [0.15, 0.2) is 24.4 Å². The van der Waals surface area contributed by atoms with E-state index in [9.17, 15) is 4.79 Å². The maximum atomic E-state index is 10.6. The molecule has 4 nitrogen and oxygen atoms in total. The van der Waals surface area contributed by atoms with Gasteiger partial charge >= 0.3 is 5.97 Å². The van der Waals surface area contributed by atoms with Gasteiger partial charge in [-0.1, -0.05) is 12.2 Å². The summed E-state index contributed by atoms with van der Waals surface area (Å²) in [6.45, 7) is 0.0906. The Kier molecular flexibility index (Phi) is 3.82. The Morgan fingerprint density at radius 1 is 1.57 bits per heavy atom. The lowest BCUT2D eigenvalue weighted by molar-refractivity contribution is 0.0690. The molecule has 0 unspecified atom stereocenters. The maximum Gasteiger partial charge on any atom is 0.354 e. The van der Waals surface area contributed by atoms with Crippen LogP contribution in [0.2, 0.25) is 0 Å². The number of aliphatic hydroxyl groups is 1. The van der Waals surface area contributed by atoms with Gasteiger partial charge in [0.25, 0.3) is 0 Å². The van der Waals surface area contributed by atoms with E-state index in [0.29, 0.717) is 6.42 Å². The Morgan fingerprint density at radius 3 is 3.00 bits per heavy atom. The smallest absolute Gasteiger partial charge is 0.354 e. The average molecular weight is 193 g/mol. The zero-order valence-corrected chi connectivity index (χ0v) is 7.55. The summed E-state index contributed by atoms with van der Waals surface area (Å²) in [5, 5.41) is 17.2. The summed E-state index contributed by atoms with van der Waals surface area (Å²) in [6, 6.07) is 3.19. The van der Waals surface area contributed by atoms with E-state index in [1.807, 2.05) is 0 Å². The van der Waals surface area contributed by atoms with E-state index in [2.05, 4.69) is 4.98 Å². The molecule has 0 saturated carbocycles. The number of aromatic nitrogens is 1. The zero-order chi connectivity index (χ0) is 10.4. The number of hydrogen-bond acceptors (Lipinski definition) is 3. The van der Waals surface area contributed by atoms with E-state index in [0.717, 1.165) is 5.56 Å². The predicted molar refractivity (Wildman–Crippen MR) is 51.9 cm³/mol. The van der Waals surface area contributed by atoms with Crippen LogP contribution in [0.3, 0.4) is 0 Å². The molecule has 0 aliphatic carbocycles. The summed E-state index contributed by atoms with van der Waals surface area (Å²) < 4.78 is 0. The molecule has 0 atom stereocenters.